The van der Waals surface area contributed by atoms with Crippen molar-refractivity contribution >= 4 is 11.6 Å². The third kappa shape index (κ3) is 2.71. The molecule has 0 spiro atoms. The number of fused-ring (bicyclic) bond motifs is 1. The van der Waals surface area contributed by atoms with Crippen molar-refractivity contribution in [2.24, 2.45) is 0 Å². The zero-order valence-corrected chi connectivity index (χ0v) is 12.8. The predicted octanol–water partition coefficient (Wildman–Crippen LogP) is 2.95. The lowest BCUT2D eigenvalue weighted by molar-refractivity contribution is 0.128. The Morgan fingerprint density at radius 2 is 2.29 bits per heavy atom. The van der Waals surface area contributed by atoms with Crippen LogP contribution in [0.15, 0.2) is 30.5 Å². The molecule has 3 rings (SSSR count). The summed E-state index contributed by atoms with van der Waals surface area (Å²) in [6, 6.07) is 8.29. The average Bonchev–Trinajstić information content (AvgIpc) is 3.08. The lowest BCUT2D eigenvalue weighted by Gasteiger charge is -2.21. The number of benzene rings is 1. The Bertz CT molecular complexity index is 626. The van der Waals surface area contributed by atoms with E-state index in [0.717, 1.165) is 12.8 Å². The Hall–Kier alpha value is -1.36. The molecule has 0 saturated heterocycles. The van der Waals surface area contributed by atoms with Gasteiger partial charge in [0.15, 0.2) is 0 Å². The summed E-state index contributed by atoms with van der Waals surface area (Å²) in [7, 11) is 1.65. The van der Waals surface area contributed by atoms with Gasteiger partial charge in [-0.05, 0) is 24.0 Å². The van der Waals surface area contributed by atoms with Gasteiger partial charge in [0.1, 0.15) is 6.10 Å². The molecule has 0 saturated carbocycles. The van der Waals surface area contributed by atoms with Crippen LogP contribution in [0.4, 0.5) is 0 Å². The molecule has 1 aliphatic carbocycles. The zero-order valence-electron chi connectivity index (χ0n) is 12.0. The van der Waals surface area contributed by atoms with E-state index in [0.29, 0.717) is 23.9 Å². The van der Waals surface area contributed by atoms with Crippen LogP contribution in [-0.2, 0) is 17.7 Å². The first-order valence-corrected chi connectivity index (χ1v) is 7.56. The number of aliphatic hydroxyl groups excluding tert-OH is 1. The van der Waals surface area contributed by atoms with E-state index in [1.165, 1.54) is 11.1 Å². The van der Waals surface area contributed by atoms with Crippen LogP contribution >= 0.6 is 11.6 Å². The number of nitrogens with zero attached hydrogens (tertiary/aromatic N) is 2. The molecule has 1 heterocycles. The first kappa shape index (κ1) is 14.6. The van der Waals surface area contributed by atoms with Crippen LogP contribution in [0.2, 0.25) is 5.02 Å². The van der Waals surface area contributed by atoms with Gasteiger partial charge in [-0.3, -0.25) is 4.68 Å². The van der Waals surface area contributed by atoms with Crippen molar-refractivity contribution in [2.45, 2.75) is 31.4 Å². The van der Waals surface area contributed by atoms with Crippen molar-refractivity contribution in [3.8, 4) is 0 Å². The summed E-state index contributed by atoms with van der Waals surface area (Å²) < 4.78 is 6.83. The molecule has 2 aromatic rings. The Kier molecular flexibility index (Phi) is 4.29. The van der Waals surface area contributed by atoms with Gasteiger partial charge in [-0.25, -0.2) is 0 Å². The van der Waals surface area contributed by atoms with E-state index in [1.54, 1.807) is 18.0 Å². The first-order chi connectivity index (χ1) is 10.2. The quantitative estimate of drug-likeness (QED) is 0.924. The highest BCUT2D eigenvalue weighted by molar-refractivity contribution is 6.31. The number of ether oxygens (including phenoxy) is 1. The maximum Gasteiger partial charge on any atom is 0.104 e. The zero-order chi connectivity index (χ0) is 14.8. The van der Waals surface area contributed by atoms with Crippen LogP contribution in [0.3, 0.4) is 0 Å². The van der Waals surface area contributed by atoms with E-state index in [9.17, 15) is 5.11 Å². The summed E-state index contributed by atoms with van der Waals surface area (Å²) in [6.07, 6.45) is 2.89. The number of hydrogen-bond donors (Lipinski definition) is 1. The smallest absolute Gasteiger partial charge is 0.104 e. The highest BCUT2D eigenvalue weighted by Crippen LogP contribution is 2.42. The molecule has 0 aliphatic heterocycles. The summed E-state index contributed by atoms with van der Waals surface area (Å²) >= 11 is 6.24. The van der Waals surface area contributed by atoms with Crippen molar-refractivity contribution in [3.63, 3.8) is 0 Å². The first-order valence-electron chi connectivity index (χ1n) is 7.18. The standard InChI is InChI=1S/C16H19ClN2O2/c1-21-9-8-19-15(14(17)10-18-19)16(20)13-7-6-11-4-2-3-5-12(11)13/h2-5,10,13,16,20H,6-9H2,1H3. The Morgan fingerprint density at radius 3 is 3.10 bits per heavy atom. The minimum absolute atomic E-state index is 0.0803. The van der Waals surface area contributed by atoms with E-state index in [-0.39, 0.29) is 5.92 Å². The van der Waals surface area contributed by atoms with Crippen molar-refractivity contribution in [1.29, 1.82) is 0 Å². The monoisotopic (exact) mass is 306 g/mol. The summed E-state index contributed by atoms with van der Waals surface area (Å²) in [4.78, 5) is 0. The SMILES string of the molecule is COCCn1ncc(Cl)c1C(O)C1CCc2ccccc21. The van der Waals surface area contributed by atoms with Gasteiger partial charge in [-0.15, -0.1) is 0 Å². The van der Waals surface area contributed by atoms with E-state index < -0.39 is 6.10 Å². The Balaban J connectivity index is 1.89. The molecular weight excluding hydrogens is 288 g/mol. The van der Waals surface area contributed by atoms with Crippen LogP contribution in [0, 0.1) is 0 Å². The number of halogens is 1. The Morgan fingerprint density at radius 1 is 1.48 bits per heavy atom. The second-order valence-electron chi connectivity index (χ2n) is 5.38. The molecule has 21 heavy (non-hydrogen) atoms. The minimum atomic E-state index is -0.638. The molecular formula is C16H19ClN2O2. The van der Waals surface area contributed by atoms with Gasteiger partial charge in [0, 0.05) is 13.0 Å². The van der Waals surface area contributed by atoms with Gasteiger partial charge < -0.3 is 9.84 Å². The second kappa shape index (κ2) is 6.18. The van der Waals surface area contributed by atoms with E-state index in [4.69, 9.17) is 16.3 Å². The lowest BCUT2D eigenvalue weighted by atomic mass is 9.93. The van der Waals surface area contributed by atoms with E-state index in [1.807, 2.05) is 12.1 Å². The van der Waals surface area contributed by atoms with E-state index >= 15 is 0 Å². The lowest BCUT2D eigenvalue weighted by Crippen LogP contribution is -2.16. The van der Waals surface area contributed by atoms with Gasteiger partial charge in [-0.1, -0.05) is 35.9 Å². The highest BCUT2D eigenvalue weighted by atomic mass is 35.5. The molecule has 2 atom stereocenters. The molecule has 4 nitrogen and oxygen atoms in total. The molecule has 5 heteroatoms. The number of aryl methyl sites for hydroxylation is 1. The second-order valence-corrected chi connectivity index (χ2v) is 5.79. The van der Waals surface area contributed by atoms with Crippen molar-refractivity contribution < 1.29 is 9.84 Å². The summed E-state index contributed by atoms with van der Waals surface area (Å²) in [5.41, 5.74) is 3.23. The molecule has 0 amide bonds. The molecule has 0 radical (unpaired) electrons. The van der Waals surface area contributed by atoms with Gasteiger partial charge in [0.2, 0.25) is 0 Å². The van der Waals surface area contributed by atoms with Crippen LogP contribution in [-0.4, -0.2) is 28.6 Å². The van der Waals surface area contributed by atoms with Crippen LogP contribution in [0.5, 0.6) is 0 Å². The van der Waals surface area contributed by atoms with Crippen molar-refractivity contribution in [1.82, 2.24) is 9.78 Å². The van der Waals surface area contributed by atoms with Gasteiger partial charge >= 0.3 is 0 Å². The van der Waals surface area contributed by atoms with Crippen molar-refractivity contribution in [2.75, 3.05) is 13.7 Å². The number of aliphatic hydroxyl groups is 1. The molecule has 1 aromatic carbocycles. The normalized spacial score (nSPS) is 18.7. The number of hydrogen-bond acceptors (Lipinski definition) is 3. The van der Waals surface area contributed by atoms with Crippen LogP contribution in [0.25, 0.3) is 0 Å². The summed E-state index contributed by atoms with van der Waals surface area (Å²) in [5, 5.41) is 15.6. The third-order valence-electron chi connectivity index (χ3n) is 4.18. The van der Waals surface area contributed by atoms with Crippen LogP contribution in [0.1, 0.15) is 35.3 Å². The van der Waals surface area contributed by atoms with E-state index in [2.05, 4.69) is 17.2 Å². The molecule has 0 bridgehead atoms. The highest BCUT2D eigenvalue weighted by Gasteiger charge is 2.32. The summed E-state index contributed by atoms with van der Waals surface area (Å²) in [5.74, 6) is 0.0803. The van der Waals surface area contributed by atoms with Gasteiger partial charge in [-0.2, -0.15) is 5.10 Å². The Labute approximate surface area is 129 Å². The fourth-order valence-electron chi connectivity index (χ4n) is 3.13. The molecule has 112 valence electrons. The fourth-order valence-corrected chi connectivity index (χ4v) is 3.38. The largest absolute Gasteiger partial charge is 0.386 e. The molecule has 1 N–H and O–H groups in total. The average molecular weight is 307 g/mol. The minimum Gasteiger partial charge on any atom is -0.386 e. The number of aromatic nitrogens is 2. The third-order valence-corrected chi connectivity index (χ3v) is 4.47. The molecule has 0 fully saturated rings. The topological polar surface area (TPSA) is 47.3 Å². The van der Waals surface area contributed by atoms with Gasteiger partial charge in [0.25, 0.3) is 0 Å². The molecule has 1 aliphatic rings. The fraction of sp³-hybridized carbons (Fsp3) is 0.438. The van der Waals surface area contributed by atoms with Crippen molar-refractivity contribution in [3.05, 3.63) is 52.3 Å². The maximum absolute atomic E-state index is 10.8. The number of methoxy groups -OCH3 is 1. The molecule has 2 unspecified atom stereocenters. The summed E-state index contributed by atoms with van der Waals surface area (Å²) in [6.45, 7) is 1.13. The number of rotatable bonds is 5. The van der Waals surface area contributed by atoms with Crippen LogP contribution < -0.4 is 0 Å². The maximum atomic E-state index is 10.8. The van der Waals surface area contributed by atoms with Gasteiger partial charge in [0.05, 0.1) is 30.1 Å². The molecule has 1 aromatic heterocycles. The predicted molar refractivity (Wildman–Crippen MR) is 81.6 cm³/mol.